The Balaban J connectivity index is 1.71. The fourth-order valence-corrected chi connectivity index (χ4v) is 4.21. The number of fused-ring (bicyclic) bond motifs is 1. The van der Waals surface area contributed by atoms with Gasteiger partial charge in [0, 0.05) is 19.2 Å². The van der Waals surface area contributed by atoms with Gasteiger partial charge < -0.3 is 14.2 Å². The zero-order chi connectivity index (χ0) is 18.6. The first-order valence-electron chi connectivity index (χ1n) is 8.60. The van der Waals surface area contributed by atoms with E-state index in [-0.39, 0.29) is 18.0 Å². The normalized spacial score (nSPS) is 13.7. The summed E-state index contributed by atoms with van der Waals surface area (Å²) in [7, 11) is -3.63. The smallest absolute Gasteiger partial charge is 0.243 e. The molecule has 0 spiro atoms. The first-order chi connectivity index (χ1) is 12.5. The minimum Gasteiger partial charge on any atom is -0.492 e. The largest absolute Gasteiger partial charge is 0.492 e. The van der Waals surface area contributed by atoms with Crippen LogP contribution in [0.1, 0.15) is 12.5 Å². The van der Waals surface area contributed by atoms with E-state index in [4.69, 9.17) is 14.2 Å². The van der Waals surface area contributed by atoms with E-state index in [0.29, 0.717) is 31.3 Å². The molecular formula is C19H23NO5S. The van der Waals surface area contributed by atoms with E-state index in [9.17, 15) is 8.42 Å². The predicted molar refractivity (Wildman–Crippen MR) is 98.5 cm³/mol. The molecule has 0 aromatic heterocycles. The summed E-state index contributed by atoms with van der Waals surface area (Å²) < 4.78 is 43.9. The number of rotatable bonds is 7. The minimum absolute atomic E-state index is 0.194. The van der Waals surface area contributed by atoms with Gasteiger partial charge >= 0.3 is 0 Å². The maximum absolute atomic E-state index is 12.9. The molecule has 0 atom stereocenters. The highest BCUT2D eigenvalue weighted by Crippen LogP contribution is 2.33. The summed E-state index contributed by atoms with van der Waals surface area (Å²) in [6.07, 6.45) is 0. The Bertz CT molecular complexity index is 866. The molecule has 1 aliphatic rings. The molecule has 140 valence electrons. The number of benzene rings is 2. The predicted octanol–water partition coefficient (Wildman–Crippen LogP) is 2.86. The van der Waals surface area contributed by atoms with Gasteiger partial charge in [-0.15, -0.1) is 0 Å². The first-order valence-corrected chi connectivity index (χ1v) is 10.0. The van der Waals surface area contributed by atoms with E-state index >= 15 is 0 Å². The lowest BCUT2D eigenvalue weighted by atomic mass is 10.2. The number of nitrogens with zero attached hydrogens (tertiary/aromatic N) is 1. The molecule has 0 bridgehead atoms. The van der Waals surface area contributed by atoms with Crippen LogP contribution in [0.3, 0.4) is 0 Å². The van der Waals surface area contributed by atoms with Gasteiger partial charge in [0.25, 0.3) is 0 Å². The van der Waals surface area contributed by atoms with Crippen molar-refractivity contribution in [2.45, 2.75) is 18.7 Å². The van der Waals surface area contributed by atoms with Gasteiger partial charge in [-0.05, 0) is 30.7 Å². The third-order valence-electron chi connectivity index (χ3n) is 4.20. The van der Waals surface area contributed by atoms with Crippen molar-refractivity contribution in [2.24, 2.45) is 0 Å². The molecule has 1 heterocycles. The van der Waals surface area contributed by atoms with Crippen LogP contribution in [0, 0.1) is 6.92 Å². The Kier molecular flexibility index (Phi) is 5.68. The lowest BCUT2D eigenvalue weighted by Gasteiger charge is -2.23. The number of hydrogen-bond donors (Lipinski definition) is 0. The van der Waals surface area contributed by atoms with Gasteiger partial charge in [-0.25, -0.2) is 8.42 Å². The quantitative estimate of drug-likeness (QED) is 0.742. The molecule has 0 radical (unpaired) electrons. The maximum Gasteiger partial charge on any atom is 0.243 e. The molecule has 1 aliphatic heterocycles. The lowest BCUT2D eigenvalue weighted by molar-refractivity contribution is 0.171. The third kappa shape index (κ3) is 3.94. The van der Waals surface area contributed by atoms with Crippen LogP contribution in [0.5, 0.6) is 17.2 Å². The van der Waals surface area contributed by atoms with E-state index in [0.717, 1.165) is 11.3 Å². The van der Waals surface area contributed by atoms with Gasteiger partial charge in [-0.2, -0.15) is 4.31 Å². The molecule has 26 heavy (non-hydrogen) atoms. The Morgan fingerprint density at radius 3 is 2.54 bits per heavy atom. The number of para-hydroxylation sites is 1. The molecule has 0 saturated heterocycles. The number of aryl methyl sites for hydroxylation is 1. The van der Waals surface area contributed by atoms with E-state index in [1.807, 2.05) is 38.1 Å². The molecule has 0 fully saturated rings. The fourth-order valence-electron chi connectivity index (χ4n) is 2.76. The van der Waals surface area contributed by atoms with Crippen LogP contribution in [0.15, 0.2) is 47.4 Å². The molecule has 3 rings (SSSR count). The molecule has 0 saturated carbocycles. The molecule has 2 aromatic rings. The van der Waals surface area contributed by atoms with Crippen molar-refractivity contribution in [1.82, 2.24) is 4.31 Å². The number of sulfonamides is 1. The summed E-state index contributed by atoms with van der Waals surface area (Å²) in [4.78, 5) is 0.194. The molecule has 6 nitrogen and oxygen atoms in total. The summed E-state index contributed by atoms with van der Waals surface area (Å²) in [5.41, 5.74) is 1.02. The maximum atomic E-state index is 12.9. The zero-order valence-electron chi connectivity index (χ0n) is 15.0. The van der Waals surface area contributed by atoms with E-state index in [1.54, 1.807) is 12.1 Å². The highest BCUT2D eigenvalue weighted by atomic mass is 32.2. The van der Waals surface area contributed by atoms with Crippen molar-refractivity contribution in [3.8, 4) is 17.2 Å². The number of hydrogen-bond acceptors (Lipinski definition) is 5. The van der Waals surface area contributed by atoms with Crippen LogP contribution in [-0.2, 0) is 10.0 Å². The molecule has 0 amide bonds. The van der Waals surface area contributed by atoms with Gasteiger partial charge in [0.05, 0.1) is 4.90 Å². The number of ether oxygens (including phenoxy) is 3. The van der Waals surface area contributed by atoms with Crippen LogP contribution in [0.4, 0.5) is 0 Å². The zero-order valence-corrected chi connectivity index (χ0v) is 15.8. The highest BCUT2D eigenvalue weighted by Gasteiger charge is 2.25. The Morgan fingerprint density at radius 1 is 1.08 bits per heavy atom. The SMILES string of the molecule is CCN(CCOc1ccccc1C)S(=O)(=O)c1ccc2c(c1)OCCO2. The van der Waals surface area contributed by atoms with Gasteiger partial charge in [0.1, 0.15) is 25.6 Å². The highest BCUT2D eigenvalue weighted by molar-refractivity contribution is 7.89. The molecular weight excluding hydrogens is 354 g/mol. The standard InChI is InChI=1S/C19H23NO5S/c1-3-20(10-11-23-17-7-5-4-6-15(17)2)26(21,22)16-8-9-18-19(14-16)25-13-12-24-18/h4-9,14H,3,10-13H2,1-2H3. The molecule has 0 aliphatic carbocycles. The van der Waals surface area contributed by atoms with Crippen LogP contribution >= 0.6 is 0 Å². The second-order valence-electron chi connectivity index (χ2n) is 5.92. The van der Waals surface area contributed by atoms with Crippen LogP contribution < -0.4 is 14.2 Å². The first kappa shape index (κ1) is 18.5. The Hall–Kier alpha value is -2.25. The third-order valence-corrected chi connectivity index (χ3v) is 6.17. The van der Waals surface area contributed by atoms with Gasteiger partial charge in [-0.3, -0.25) is 0 Å². The van der Waals surface area contributed by atoms with Crippen LogP contribution in [0.2, 0.25) is 0 Å². The number of likely N-dealkylation sites (N-methyl/N-ethyl adjacent to an activating group) is 1. The van der Waals surface area contributed by atoms with E-state index < -0.39 is 10.0 Å². The summed E-state index contributed by atoms with van der Waals surface area (Å²) in [6, 6.07) is 12.4. The molecule has 0 unspecified atom stereocenters. The molecule has 2 aromatic carbocycles. The average Bonchev–Trinajstić information content (AvgIpc) is 2.66. The monoisotopic (exact) mass is 377 g/mol. The summed E-state index contributed by atoms with van der Waals surface area (Å²) in [5.74, 6) is 1.80. The van der Waals surface area contributed by atoms with Crippen molar-refractivity contribution in [2.75, 3.05) is 32.9 Å². The van der Waals surface area contributed by atoms with Gasteiger partial charge in [0.15, 0.2) is 11.5 Å². The fraction of sp³-hybridized carbons (Fsp3) is 0.368. The van der Waals surface area contributed by atoms with Crippen molar-refractivity contribution < 1.29 is 22.6 Å². The molecule has 0 N–H and O–H groups in total. The van der Waals surface area contributed by atoms with E-state index in [1.165, 1.54) is 10.4 Å². The van der Waals surface area contributed by atoms with Gasteiger partial charge in [0.2, 0.25) is 10.0 Å². The summed E-state index contributed by atoms with van der Waals surface area (Å²) >= 11 is 0. The minimum atomic E-state index is -3.63. The topological polar surface area (TPSA) is 65.1 Å². The van der Waals surface area contributed by atoms with Crippen molar-refractivity contribution in [3.63, 3.8) is 0 Å². The average molecular weight is 377 g/mol. The van der Waals surface area contributed by atoms with Crippen molar-refractivity contribution in [1.29, 1.82) is 0 Å². The summed E-state index contributed by atoms with van der Waals surface area (Å²) in [6.45, 7) is 5.55. The van der Waals surface area contributed by atoms with E-state index in [2.05, 4.69) is 0 Å². The Labute approximate surface area is 154 Å². The van der Waals surface area contributed by atoms with Crippen molar-refractivity contribution in [3.05, 3.63) is 48.0 Å². The summed E-state index contributed by atoms with van der Waals surface area (Å²) in [5, 5.41) is 0. The second kappa shape index (κ2) is 7.97. The van der Waals surface area contributed by atoms with Crippen molar-refractivity contribution >= 4 is 10.0 Å². The van der Waals surface area contributed by atoms with Crippen LogP contribution in [0.25, 0.3) is 0 Å². The lowest BCUT2D eigenvalue weighted by Crippen LogP contribution is -2.34. The van der Waals surface area contributed by atoms with Gasteiger partial charge in [-0.1, -0.05) is 25.1 Å². The van der Waals surface area contributed by atoms with Crippen LogP contribution in [-0.4, -0.2) is 45.6 Å². The molecule has 7 heteroatoms. The Morgan fingerprint density at radius 2 is 1.81 bits per heavy atom. The second-order valence-corrected chi connectivity index (χ2v) is 7.85.